The molecule has 3 rings (SSSR count). The van der Waals surface area contributed by atoms with Gasteiger partial charge in [-0.05, 0) is 50.1 Å². The van der Waals surface area contributed by atoms with E-state index in [0.29, 0.717) is 37.2 Å². The smallest absolute Gasteiger partial charge is 0.434 e. The average Bonchev–Trinajstić information content (AvgIpc) is 2.75. The van der Waals surface area contributed by atoms with E-state index in [1.54, 1.807) is 24.0 Å². The standard InChI is InChI=1S/C20H22N4O6/c1-2-29-20(28)30-15-5-3-13(4-6-15)19(27)24-11-9-14(10-12-24)21-18(26)16-7-8-17(25)23-22-16/h3-8,14H,2,9-12H2,1H3,(H,21,26)(H,23,25). The SMILES string of the molecule is CCOC(=O)Oc1ccc(C(=O)N2CCC(NC(=O)c3ccc(=O)[nH]n3)CC2)cc1. The monoisotopic (exact) mass is 414 g/mol. The van der Waals surface area contributed by atoms with Crippen LogP contribution in [0.5, 0.6) is 5.75 Å². The number of nitrogens with one attached hydrogen (secondary N) is 2. The van der Waals surface area contributed by atoms with Gasteiger partial charge in [-0.25, -0.2) is 9.89 Å². The number of piperidine rings is 1. The molecule has 158 valence electrons. The van der Waals surface area contributed by atoms with Crippen LogP contribution in [0.3, 0.4) is 0 Å². The van der Waals surface area contributed by atoms with Gasteiger partial charge < -0.3 is 19.7 Å². The number of rotatable bonds is 5. The summed E-state index contributed by atoms with van der Waals surface area (Å²) in [5.41, 5.74) is 0.239. The van der Waals surface area contributed by atoms with Crippen molar-refractivity contribution in [3.63, 3.8) is 0 Å². The Labute approximate surface area is 172 Å². The Morgan fingerprint density at radius 2 is 1.83 bits per heavy atom. The molecule has 0 saturated carbocycles. The van der Waals surface area contributed by atoms with Gasteiger partial charge in [0.05, 0.1) is 6.61 Å². The molecule has 0 radical (unpaired) electrons. The van der Waals surface area contributed by atoms with Crippen LogP contribution < -0.4 is 15.6 Å². The average molecular weight is 414 g/mol. The molecule has 1 saturated heterocycles. The molecule has 0 spiro atoms. The molecule has 10 nitrogen and oxygen atoms in total. The minimum absolute atomic E-state index is 0.0874. The topological polar surface area (TPSA) is 131 Å². The van der Waals surface area contributed by atoms with E-state index in [0.717, 1.165) is 0 Å². The largest absolute Gasteiger partial charge is 0.513 e. The molecule has 1 aliphatic heterocycles. The van der Waals surface area contributed by atoms with Crippen LogP contribution >= 0.6 is 0 Å². The van der Waals surface area contributed by atoms with Crippen LogP contribution in [0.1, 0.15) is 40.6 Å². The summed E-state index contributed by atoms with van der Waals surface area (Å²) in [7, 11) is 0. The lowest BCUT2D eigenvalue weighted by Gasteiger charge is -2.32. The fourth-order valence-electron chi connectivity index (χ4n) is 3.05. The van der Waals surface area contributed by atoms with Crippen LogP contribution in [0.15, 0.2) is 41.2 Å². The Bertz CT molecular complexity index is 944. The Morgan fingerprint density at radius 3 is 2.43 bits per heavy atom. The van der Waals surface area contributed by atoms with Gasteiger partial charge in [0.1, 0.15) is 11.4 Å². The Kier molecular flexibility index (Phi) is 6.79. The van der Waals surface area contributed by atoms with Crippen molar-refractivity contribution in [1.82, 2.24) is 20.4 Å². The lowest BCUT2D eigenvalue weighted by atomic mass is 10.0. The number of likely N-dealkylation sites (tertiary alicyclic amines) is 1. The highest BCUT2D eigenvalue weighted by molar-refractivity contribution is 5.94. The van der Waals surface area contributed by atoms with E-state index in [2.05, 4.69) is 15.5 Å². The normalized spacial score (nSPS) is 14.1. The molecular weight excluding hydrogens is 392 g/mol. The molecule has 2 amide bonds. The molecule has 1 aromatic carbocycles. The number of amides is 2. The zero-order valence-corrected chi connectivity index (χ0v) is 16.4. The maximum absolute atomic E-state index is 12.7. The second kappa shape index (κ2) is 9.68. The lowest BCUT2D eigenvalue weighted by Crippen LogP contribution is -2.46. The molecule has 2 aromatic rings. The van der Waals surface area contributed by atoms with Gasteiger partial charge >= 0.3 is 6.16 Å². The van der Waals surface area contributed by atoms with Crippen molar-refractivity contribution in [3.8, 4) is 5.75 Å². The maximum Gasteiger partial charge on any atom is 0.513 e. The summed E-state index contributed by atoms with van der Waals surface area (Å²) in [4.78, 5) is 48.9. The van der Waals surface area contributed by atoms with Gasteiger partial charge in [-0.15, -0.1) is 0 Å². The highest BCUT2D eigenvalue weighted by Gasteiger charge is 2.25. The molecule has 1 aromatic heterocycles. The number of aromatic nitrogens is 2. The molecule has 0 aliphatic carbocycles. The third kappa shape index (κ3) is 5.43. The summed E-state index contributed by atoms with van der Waals surface area (Å²) in [5.74, 6) is -0.208. The van der Waals surface area contributed by atoms with E-state index >= 15 is 0 Å². The molecule has 1 fully saturated rings. The molecule has 2 heterocycles. The third-order valence-corrected chi connectivity index (χ3v) is 4.59. The van der Waals surface area contributed by atoms with Crippen molar-refractivity contribution >= 4 is 18.0 Å². The molecule has 0 unspecified atom stereocenters. The number of carbonyl (C=O) groups is 3. The summed E-state index contributed by atoms with van der Waals surface area (Å²) < 4.78 is 9.68. The summed E-state index contributed by atoms with van der Waals surface area (Å²) in [5, 5.41) is 8.80. The van der Waals surface area contributed by atoms with Gasteiger partial charge in [0.2, 0.25) is 0 Å². The second-order valence-corrected chi connectivity index (χ2v) is 6.66. The fourth-order valence-corrected chi connectivity index (χ4v) is 3.05. The first-order valence-corrected chi connectivity index (χ1v) is 9.57. The van der Waals surface area contributed by atoms with Crippen LogP contribution in [0.4, 0.5) is 4.79 Å². The minimum Gasteiger partial charge on any atom is -0.434 e. The minimum atomic E-state index is -0.794. The van der Waals surface area contributed by atoms with Gasteiger partial charge in [-0.1, -0.05) is 0 Å². The number of nitrogens with zero attached hydrogens (tertiary/aromatic N) is 2. The zero-order valence-electron chi connectivity index (χ0n) is 16.4. The van der Waals surface area contributed by atoms with Crippen molar-refractivity contribution in [3.05, 3.63) is 58.0 Å². The lowest BCUT2D eigenvalue weighted by molar-refractivity contribution is 0.0697. The Balaban J connectivity index is 1.50. The third-order valence-electron chi connectivity index (χ3n) is 4.59. The molecule has 1 aliphatic rings. The van der Waals surface area contributed by atoms with E-state index in [4.69, 9.17) is 9.47 Å². The van der Waals surface area contributed by atoms with Crippen molar-refractivity contribution < 1.29 is 23.9 Å². The molecule has 10 heteroatoms. The number of H-pyrrole nitrogens is 1. The number of hydrogen-bond acceptors (Lipinski definition) is 7. The fraction of sp³-hybridized carbons (Fsp3) is 0.350. The van der Waals surface area contributed by atoms with E-state index in [1.165, 1.54) is 24.3 Å². The highest BCUT2D eigenvalue weighted by atomic mass is 16.7. The van der Waals surface area contributed by atoms with Crippen LogP contribution in [0.25, 0.3) is 0 Å². The van der Waals surface area contributed by atoms with E-state index < -0.39 is 6.16 Å². The predicted octanol–water partition coefficient (Wildman–Crippen LogP) is 1.34. The molecule has 0 bridgehead atoms. The van der Waals surface area contributed by atoms with Gasteiger partial charge in [0.15, 0.2) is 0 Å². The molecular formula is C20H22N4O6. The number of ether oxygens (including phenoxy) is 2. The van der Waals surface area contributed by atoms with Crippen LogP contribution in [0.2, 0.25) is 0 Å². The zero-order chi connectivity index (χ0) is 21.5. The molecule has 0 atom stereocenters. The molecule has 2 N–H and O–H groups in total. The summed E-state index contributed by atoms with van der Waals surface area (Å²) in [6.07, 6.45) is 0.410. The maximum atomic E-state index is 12.7. The van der Waals surface area contributed by atoms with Gasteiger partial charge in [-0.2, -0.15) is 5.10 Å². The van der Waals surface area contributed by atoms with Crippen LogP contribution in [-0.2, 0) is 4.74 Å². The number of hydrogen-bond donors (Lipinski definition) is 2. The number of benzene rings is 1. The van der Waals surface area contributed by atoms with Gasteiger partial charge in [0, 0.05) is 30.8 Å². The Hall–Kier alpha value is -3.69. The summed E-state index contributed by atoms with van der Waals surface area (Å²) in [6.45, 7) is 2.87. The van der Waals surface area contributed by atoms with Crippen molar-refractivity contribution in [1.29, 1.82) is 0 Å². The van der Waals surface area contributed by atoms with Gasteiger partial charge in [0.25, 0.3) is 17.4 Å². The van der Waals surface area contributed by atoms with E-state index in [1.807, 2.05) is 0 Å². The predicted molar refractivity (Wildman–Crippen MR) is 105 cm³/mol. The first-order valence-electron chi connectivity index (χ1n) is 9.57. The molecule has 30 heavy (non-hydrogen) atoms. The van der Waals surface area contributed by atoms with Crippen LogP contribution in [-0.4, -0.2) is 58.8 Å². The second-order valence-electron chi connectivity index (χ2n) is 6.66. The summed E-state index contributed by atoms with van der Waals surface area (Å²) in [6, 6.07) is 8.77. The van der Waals surface area contributed by atoms with Gasteiger partial charge in [-0.3, -0.25) is 14.4 Å². The van der Waals surface area contributed by atoms with Crippen molar-refractivity contribution in [2.75, 3.05) is 19.7 Å². The van der Waals surface area contributed by atoms with Crippen molar-refractivity contribution in [2.45, 2.75) is 25.8 Å². The first kappa shape index (κ1) is 21.0. The quantitative estimate of drug-likeness (QED) is 0.558. The Morgan fingerprint density at radius 1 is 1.13 bits per heavy atom. The number of carbonyl (C=O) groups excluding carboxylic acids is 3. The first-order chi connectivity index (χ1) is 14.5. The number of aromatic amines is 1. The van der Waals surface area contributed by atoms with E-state index in [-0.39, 0.29) is 35.7 Å². The van der Waals surface area contributed by atoms with Crippen LogP contribution in [0, 0.1) is 0 Å². The van der Waals surface area contributed by atoms with E-state index in [9.17, 15) is 19.2 Å². The summed E-state index contributed by atoms with van der Waals surface area (Å²) >= 11 is 0. The van der Waals surface area contributed by atoms with Crippen molar-refractivity contribution in [2.24, 2.45) is 0 Å². The highest BCUT2D eigenvalue weighted by Crippen LogP contribution is 2.17.